The Labute approximate surface area is 102 Å². The molecule has 0 saturated carbocycles. The SMILES string of the molecule is CNc1cc(Oc2ccc(Br)cc2)ncn1. The molecule has 0 bridgehead atoms. The molecule has 0 aliphatic rings. The third kappa shape index (κ3) is 2.70. The molecule has 1 aromatic carbocycles. The van der Waals surface area contributed by atoms with E-state index in [0.717, 1.165) is 16.0 Å². The largest absolute Gasteiger partial charge is 0.439 e. The Hall–Kier alpha value is -1.62. The molecular weight excluding hydrogens is 270 g/mol. The predicted molar refractivity (Wildman–Crippen MR) is 65.8 cm³/mol. The van der Waals surface area contributed by atoms with Crippen LogP contribution in [0.5, 0.6) is 11.6 Å². The smallest absolute Gasteiger partial charge is 0.224 e. The van der Waals surface area contributed by atoms with Gasteiger partial charge in [-0.25, -0.2) is 9.97 Å². The molecule has 0 radical (unpaired) electrons. The molecule has 0 spiro atoms. The maximum Gasteiger partial charge on any atom is 0.224 e. The Bertz CT molecular complexity index is 473. The zero-order valence-corrected chi connectivity index (χ0v) is 10.2. The molecular formula is C11H10BrN3O. The van der Waals surface area contributed by atoms with Crippen LogP contribution in [0.4, 0.5) is 5.82 Å². The van der Waals surface area contributed by atoms with E-state index in [4.69, 9.17) is 4.74 Å². The number of benzene rings is 1. The molecule has 0 atom stereocenters. The molecule has 0 aliphatic heterocycles. The molecule has 0 fully saturated rings. The topological polar surface area (TPSA) is 47.0 Å². The van der Waals surface area contributed by atoms with Gasteiger partial charge < -0.3 is 10.1 Å². The Balaban J connectivity index is 2.16. The molecule has 2 aromatic rings. The summed E-state index contributed by atoms with van der Waals surface area (Å²) in [5, 5.41) is 2.92. The number of nitrogens with zero attached hydrogens (tertiary/aromatic N) is 2. The predicted octanol–water partition coefficient (Wildman–Crippen LogP) is 3.07. The highest BCUT2D eigenvalue weighted by Crippen LogP contribution is 2.22. The number of hydrogen-bond donors (Lipinski definition) is 1. The highest BCUT2D eigenvalue weighted by molar-refractivity contribution is 9.10. The van der Waals surface area contributed by atoms with Crippen LogP contribution in [0.15, 0.2) is 41.1 Å². The molecule has 82 valence electrons. The van der Waals surface area contributed by atoms with Gasteiger partial charge >= 0.3 is 0 Å². The van der Waals surface area contributed by atoms with Crippen molar-refractivity contribution in [3.8, 4) is 11.6 Å². The van der Waals surface area contributed by atoms with Crippen LogP contribution in [0.25, 0.3) is 0 Å². The first-order valence-electron chi connectivity index (χ1n) is 4.71. The quantitative estimate of drug-likeness (QED) is 0.938. The van der Waals surface area contributed by atoms with E-state index >= 15 is 0 Å². The van der Waals surface area contributed by atoms with Crippen molar-refractivity contribution >= 4 is 21.7 Å². The van der Waals surface area contributed by atoms with Crippen LogP contribution >= 0.6 is 15.9 Å². The van der Waals surface area contributed by atoms with Crippen LogP contribution in [0, 0.1) is 0 Å². The number of aromatic nitrogens is 2. The Morgan fingerprint density at radius 3 is 2.62 bits per heavy atom. The summed E-state index contributed by atoms with van der Waals surface area (Å²) in [6.07, 6.45) is 1.46. The first-order valence-corrected chi connectivity index (χ1v) is 5.50. The summed E-state index contributed by atoms with van der Waals surface area (Å²) in [5.41, 5.74) is 0. The summed E-state index contributed by atoms with van der Waals surface area (Å²) >= 11 is 3.36. The van der Waals surface area contributed by atoms with Gasteiger partial charge in [0.05, 0.1) is 0 Å². The second kappa shape index (κ2) is 4.94. The highest BCUT2D eigenvalue weighted by Gasteiger charge is 2.00. The van der Waals surface area contributed by atoms with Gasteiger partial charge in [-0.05, 0) is 24.3 Å². The van der Waals surface area contributed by atoms with Crippen LogP contribution in [-0.2, 0) is 0 Å². The van der Waals surface area contributed by atoms with Crippen LogP contribution in [0.1, 0.15) is 0 Å². The normalized spacial score (nSPS) is 9.88. The van der Waals surface area contributed by atoms with Gasteiger partial charge in [0.2, 0.25) is 5.88 Å². The fourth-order valence-corrected chi connectivity index (χ4v) is 1.42. The van der Waals surface area contributed by atoms with Gasteiger partial charge in [0, 0.05) is 17.6 Å². The van der Waals surface area contributed by atoms with E-state index in [1.165, 1.54) is 6.33 Å². The maximum atomic E-state index is 5.56. The van der Waals surface area contributed by atoms with Crippen molar-refractivity contribution in [3.05, 3.63) is 41.1 Å². The standard InChI is InChI=1S/C11H10BrN3O/c1-13-10-6-11(15-7-14-10)16-9-4-2-8(12)3-5-9/h2-7H,1H3,(H,13,14,15). The van der Waals surface area contributed by atoms with E-state index in [2.05, 4.69) is 31.2 Å². The number of nitrogens with one attached hydrogen (secondary N) is 1. The van der Waals surface area contributed by atoms with E-state index < -0.39 is 0 Å². The summed E-state index contributed by atoms with van der Waals surface area (Å²) in [4.78, 5) is 8.02. The summed E-state index contributed by atoms with van der Waals surface area (Å²) in [5.74, 6) is 1.98. The van der Waals surface area contributed by atoms with E-state index in [1.807, 2.05) is 24.3 Å². The average Bonchev–Trinajstić information content (AvgIpc) is 2.32. The van der Waals surface area contributed by atoms with Crippen molar-refractivity contribution in [1.29, 1.82) is 0 Å². The lowest BCUT2D eigenvalue weighted by Crippen LogP contribution is -1.94. The lowest BCUT2D eigenvalue weighted by molar-refractivity contribution is 0.462. The summed E-state index contributed by atoms with van der Waals surface area (Å²) < 4.78 is 6.58. The van der Waals surface area contributed by atoms with Gasteiger partial charge in [0.25, 0.3) is 0 Å². The summed E-state index contributed by atoms with van der Waals surface area (Å²) in [6.45, 7) is 0. The molecule has 2 rings (SSSR count). The van der Waals surface area contributed by atoms with E-state index in [9.17, 15) is 0 Å². The third-order valence-corrected chi connectivity index (χ3v) is 2.46. The molecule has 1 N–H and O–H groups in total. The van der Waals surface area contributed by atoms with Crippen molar-refractivity contribution < 1.29 is 4.74 Å². The zero-order chi connectivity index (χ0) is 11.4. The molecule has 0 aliphatic carbocycles. The molecule has 5 heteroatoms. The van der Waals surface area contributed by atoms with Crippen molar-refractivity contribution in [2.24, 2.45) is 0 Å². The number of rotatable bonds is 3. The molecule has 0 amide bonds. The van der Waals surface area contributed by atoms with Crippen LogP contribution in [-0.4, -0.2) is 17.0 Å². The number of ether oxygens (including phenoxy) is 1. The molecule has 0 saturated heterocycles. The monoisotopic (exact) mass is 279 g/mol. The van der Waals surface area contributed by atoms with Crippen LogP contribution in [0.3, 0.4) is 0 Å². The second-order valence-electron chi connectivity index (χ2n) is 3.05. The average molecular weight is 280 g/mol. The maximum absolute atomic E-state index is 5.56. The minimum absolute atomic E-state index is 0.515. The van der Waals surface area contributed by atoms with Crippen molar-refractivity contribution in [2.75, 3.05) is 12.4 Å². The zero-order valence-electron chi connectivity index (χ0n) is 8.64. The third-order valence-electron chi connectivity index (χ3n) is 1.93. The van der Waals surface area contributed by atoms with Gasteiger partial charge in [0.1, 0.15) is 17.9 Å². The van der Waals surface area contributed by atoms with E-state index in [0.29, 0.717) is 5.88 Å². The van der Waals surface area contributed by atoms with Crippen molar-refractivity contribution in [3.63, 3.8) is 0 Å². The van der Waals surface area contributed by atoms with E-state index in [-0.39, 0.29) is 0 Å². The fraction of sp³-hybridized carbons (Fsp3) is 0.0909. The van der Waals surface area contributed by atoms with Gasteiger partial charge in [-0.2, -0.15) is 0 Å². The van der Waals surface area contributed by atoms with Crippen LogP contribution < -0.4 is 10.1 Å². The number of halogens is 1. The molecule has 16 heavy (non-hydrogen) atoms. The summed E-state index contributed by atoms with van der Waals surface area (Å²) in [6, 6.07) is 9.30. The van der Waals surface area contributed by atoms with Gasteiger partial charge in [-0.3, -0.25) is 0 Å². The number of anilines is 1. The highest BCUT2D eigenvalue weighted by atomic mass is 79.9. The Kier molecular flexibility index (Phi) is 3.36. The van der Waals surface area contributed by atoms with Gasteiger partial charge in [-0.15, -0.1) is 0 Å². The van der Waals surface area contributed by atoms with Crippen molar-refractivity contribution in [1.82, 2.24) is 9.97 Å². The lowest BCUT2D eigenvalue weighted by atomic mass is 10.3. The minimum Gasteiger partial charge on any atom is -0.439 e. The van der Waals surface area contributed by atoms with Gasteiger partial charge in [-0.1, -0.05) is 15.9 Å². The molecule has 0 unspecified atom stereocenters. The lowest BCUT2D eigenvalue weighted by Gasteiger charge is -2.05. The molecule has 1 heterocycles. The number of hydrogen-bond acceptors (Lipinski definition) is 4. The summed E-state index contributed by atoms with van der Waals surface area (Å²) in [7, 11) is 1.80. The second-order valence-corrected chi connectivity index (χ2v) is 3.96. The van der Waals surface area contributed by atoms with E-state index in [1.54, 1.807) is 13.1 Å². The molecule has 1 aromatic heterocycles. The minimum atomic E-state index is 0.515. The van der Waals surface area contributed by atoms with Crippen LogP contribution in [0.2, 0.25) is 0 Å². The first-order chi connectivity index (χ1) is 7.78. The first kappa shape index (κ1) is 10.9. The molecule has 4 nitrogen and oxygen atoms in total. The van der Waals surface area contributed by atoms with Gasteiger partial charge in [0.15, 0.2) is 0 Å². The Morgan fingerprint density at radius 1 is 1.19 bits per heavy atom. The fourth-order valence-electron chi connectivity index (χ4n) is 1.16. The Morgan fingerprint density at radius 2 is 1.94 bits per heavy atom. The van der Waals surface area contributed by atoms with Crippen molar-refractivity contribution in [2.45, 2.75) is 0 Å².